The van der Waals surface area contributed by atoms with Gasteiger partial charge in [0.05, 0.1) is 24.6 Å². The number of hydrogen-bond donors (Lipinski definition) is 3. The number of nitrogens with two attached hydrogens (primary N) is 2. The van der Waals surface area contributed by atoms with E-state index in [9.17, 15) is 13.6 Å². The molecule has 2 rings (SSSR count). The predicted molar refractivity (Wildman–Crippen MR) is 129 cm³/mol. The first kappa shape index (κ1) is 27.4. The summed E-state index contributed by atoms with van der Waals surface area (Å²) >= 11 is 0. The third-order valence-electron chi connectivity index (χ3n) is 4.79. The summed E-state index contributed by atoms with van der Waals surface area (Å²) in [7, 11) is 1.35. The van der Waals surface area contributed by atoms with Crippen molar-refractivity contribution in [1.82, 2.24) is 10.4 Å². The second kappa shape index (κ2) is 13.1. The highest BCUT2D eigenvalue weighted by molar-refractivity contribution is 6.03. The lowest BCUT2D eigenvalue weighted by Crippen LogP contribution is -2.32. The number of amidine groups is 1. The monoisotopic (exact) mass is 459 g/mol. The maximum absolute atomic E-state index is 13.0. The number of aliphatic imine (C=N–C) groups is 1. The van der Waals surface area contributed by atoms with Crippen LogP contribution in [0.5, 0.6) is 0 Å². The van der Waals surface area contributed by atoms with Gasteiger partial charge in [0.1, 0.15) is 23.8 Å². The standard InChI is InChI=1S/C20H23F2N5O2.C4H8/c1-20(2,19(28)29-3)14-6-4-12(5-7-14)13-8-16(17(23)25-10-13)18(27-24)26-11-15(22)9-21;1-3-4-2/h4-10H,11,24H2,1-3H3,(H2,23,25)(H,26,27);3-4H,1-2H3/b15-9-;4-3-. The Bertz CT molecular complexity index is 1010. The van der Waals surface area contributed by atoms with E-state index < -0.39 is 17.8 Å². The number of esters is 1. The molecule has 0 fully saturated rings. The summed E-state index contributed by atoms with van der Waals surface area (Å²) in [6, 6.07) is 8.97. The molecule has 0 radical (unpaired) electrons. The van der Waals surface area contributed by atoms with Crippen LogP contribution in [0.3, 0.4) is 0 Å². The molecule has 178 valence electrons. The number of benzene rings is 1. The topological polar surface area (TPSA) is 116 Å². The smallest absolute Gasteiger partial charge is 0.315 e. The van der Waals surface area contributed by atoms with E-state index >= 15 is 0 Å². The minimum absolute atomic E-state index is 0.0669. The minimum atomic E-state index is -1.05. The Morgan fingerprint density at radius 3 is 2.30 bits per heavy atom. The summed E-state index contributed by atoms with van der Waals surface area (Å²) in [5.74, 6) is 4.25. The highest BCUT2D eigenvalue weighted by Crippen LogP contribution is 2.28. The maximum Gasteiger partial charge on any atom is 0.315 e. The molecule has 0 aliphatic carbocycles. The van der Waals surface area contributed by atoms with Crippen molar-refractivity contribution in [3.8, 4) is 11.1 Å². The van der Waals surface area contributed by atoms with Crippen LogP contribution in [0.15, 0.2) is 65.8 Å². The molecule has 2 aromatic rings. The van der Waals surface area contributed by atoms with Gasteiger partial charge in [-0.05, 0) is 44.9 Å². The number of aromatic nitrogens is 1. The number of carbonyl (C=O) groups is 1. The van der Waals surface area contributed by atoms with Crippen molar-refractivity contribution in [3.05, 3.63) is 72.0 Å². The fourth-order valence-corrected chi connectivity index (χ4v) is 2.67. The number of nitrogens with zero attached hydrogens (tertiary/aromatic N) is 2. The summed E-state index contributed by atoms with van der Waals surface area (Å²) in [6.07, 6.45) is 5.39. The first-order valence-electron chi connectivity index (χ1n) is 10.1. The third-order valence-corrected chi connectivity index (χ3v) is 4.79. The van der Waals surface area contributed by atoms with Crippen molar-refractivity contribution in [2.45, 2.75) is 33.1 Å². The number of hydrogen-bond acceptors (Lipinski definition) is 6. The van der Waals surface area contributed by atoms with Crippen molar-refractivity contribution in [2.24, 2.45) is 10.8 Å². The van der Waals surface area contributed by atoms with Crippen LogP contribution in [-0.4, -0.2) is 30.4 Å². The highest BCUT2D eigenvalue weighted by atomic mass is 19.2. The van der Waals surface area contributed by atoms with Crippen LogP contribution in [0.4, 0.5) is 14.6 Å². The number of allylic oxidation sites excluding steroid dienone is 2. The van der Waals surface area contributed by atoms with Crippen LogP contribution in [-0.2, 0) is 14.9 Å². The first-order chi connectivity index (χ1) is 15.7. The lowest BCUT2D eigenvalue weighted by atomic mass is 9.84. The molecule has 0 amide bonds. The molecule has 33 heavy (non-hydrogen) atoms. The summed E-state index contributed by atoms with van der Waals surface area (Å²) in [5, 5.41) is 0. The van der Waals surface area contributed by atoms with E-state index in [1.54, 1.807) is 26.1 Å². The fourth-order valence-electron chi connectivity index (χ4n) is 2.67. The molecule has 1 heterocycles. The normalized spacial score (nSPS) is 12.2. The Morgan fingerprint density at radius 2 is 1.82 bits per heavy atom. The zero-order valence-corrected chi connectivity index (χ0v) is 19.5. The van der Waals surface area contributed by atoms with Crippen molar-refractivity contribution >= 4 is 17.6 Å². The molecule has 0 saturated heterocycles. The second-order valence-electron chi connectivity index (χ2n) is 7.38. The van der Waals surface area contributed by atoms with Crippen LogP contribution < -0.4 is 17.0 Å². The molecule has 1 aromatic heterocycles. The largest absolute Gasteiger partial charge is 0.468 e. The van der Waals surface area contributed by atoms with Crippen molar-refractivity contribution in [1.29, 1.82) is 0 Å². The molecule has 0 unspecified atom stereocenters. The molecule has 7 nitrogen and oxygen atoms in total. The van der Waals surface area contributed by atoms with Gasteiger partial charge < -0.3 is 15.9 Å². The maximum atomic E-state index is 13.0. The molecule has 5 N–H and O–H groups in total. The van der Waals surface area contributed by atoms with Crippen LogP contribution in [0.2, 0.25) is 0 Å². The number of halogens is 2. The van der Waals surface area contributed by atoms with Crippen LogP contribution >= 0.6 is 0 Å². The number of nitrogens with one attached hydrogen (secondary N) is 1. The summed E-state index contributed by atoms with van der Waals surface area (Å²) < 4.78 is 30.1. The average molecular weight is 460 g/mol. The Morgan fingerprint density at radius 1 is 1.21 bits per heavy atom. The lowest BCUT2D eigenvalue weighted by molar-refractivity contribution is -0.146. The number of anilines is 1. The molecule has 0 atom stereocenters. The van der Waals surface area contributed by atoms with Gasteiger partial charge in [-0.25, -0.2) is 19.6 Å². The summed E-state index contributed by atoms with van der Waals surface area (Å²) in [4.78, 5) is 20.0. The van der Waals surface area contributed by atoms with Gasteiger partial charge in [0.25, 0.3) is 0 Å². The number of pyridine rings is 1. The molecule has 0 spiro atoms. The van der Waals surface area contributed by atoms with E-state index in [2.05, 4.69) is 15.4 Å². The second-order valence-corrected chi connectivity index (χ2v) is 7.38. The number of methoxy groups -OCH3 is 1. The van der Waals surface area contributed by atoms with Crippen molar-refractivity contribution in [3.63, 3.8) is 0 Å². The zero-order valence-electron chi connectivity index (χ0n) is 19.5. The highest BCUT2D eigenvalue weighted by Gasteiger charge is 2.30. The molecule has 0 bridgehead atoms. The lowest BCUT2D eigenvalue weighted by Gasteiger charge is -2.22. The molecule has 0 aliphatic heterocycles. The van der Waals surface area contributed by atoms with Gasteiger partial charge >= 0.3 is 5.97 Å². The van der Waals surface area contributed by atoms with Gasteiger partial charge in [-0.1, -0.05) is 36.4 Å². The van der Waals surface area contributed by atoms with E-state index in [1.165, 1.54) is 7.11 Å². The van der Waals surface area contributed by atoms with Gasteiger partial charge in [-0.15, -0.1) is 0 Å². The van der Waals surface area contributed by atoms with Crippen LogP contribution in [0.25, 0.3) is 11.1 Å². The van der Waals surface area contributed by atoms with Gasteiger partial charge in [-0.3, -0.25) is 9.79 Å². The van der Waals surface area contributed by atoms with Gasteiger partial charge in [0.15, 0.2) is 0 Å². The fraction of sp³-hybridized carbons (Fsp3) is 0.292. The number of rotatable bonds is 6. The van der Waals surface area contributed by atoms with Crippen LogP contribution in [0.1, 0.15) is 38.8 Å². The summed E-state index contributed by atoms with van der Waals surface area (Å²) in [5.41, 5.74) is 10.0. The number of carbonyl (C=O) groups excluding carboxylic acids is 1. The predicted octanol–water partition coefficient (Wildman–Crippen LogP) is 4.35. The zero-order chi connectivity index (χ0) is 25.0. The third kappa shape index (κ3) is 7.50. The SMILES string of the molecule is C/C=C\C.COC(=O)C(C)(C)c1ccc(-c2cnc(N)c(C(=NC/C(F)=C/F)NN)c2)cc1. The van der Waals surface area contributed by atoms with Crippen molar-refractivity contribution in [2.75, 3.05) is 19.4 Å². The van der Waals surface area contributed by atoms with E-state index in [1.807, 2.05) is 50.3 Å². The molecular weight excluding hydrogens is 428 g/mol. The number of ether oxygens (including phenoxy) is 1. The molecular formula is C24H31F2N5O2. The Labute approximate surface area is 193 Å². The summed E-state index contributed by atoms with van der Waals surface area (Å²) in [6.45, 7) is 7.02. The van der Waals surface area contributed by atoms with E-state index in [-0.39, 0.29) is 24.0 Å². The van der Waals surface area contributed by atoms with Crippen molar-refractivity contribution < 1.29 is 18.3 Å². The molecule has 9 heteroatoms. The number of hydrazine groups is 1. The van der Waals surface area contributed by atoms with Gasteiger partial charge in [0.2, 0.25) is 0 Å². The molecule has 0 aliphatic rings. The van der Waals surface area contributed by atoms with E-state index in [4.69, 9.17) is 16.3 Å². The molecule has 0 saturated carbocycles. The minimum Gasteiger partial charge on any atom is -0.468 e. The number of nitrogen functional groups attached to an aromatic ring is 1. The quantitative estimate of drug-likeness (QED) is 0.148. The van der Waals surface area contributed by atoms with Gasteiger partial charge in [-0.2, -0.15) is 0 Å². The first-order valence-corrected chi connectivity index (χ1v) is 10.1. The molecule has 1 aromatic carbocycles. The van der Waals surface area contributed by atoms with E-state index in [0.717, 1.165) is 11.1 Å². The Kier molecular flexibility index (Phi) is 10.9. The van der Waals surface area contributed by atoms with Crippen LogP contribution in [0, 0.1) is 0 Å². The average Bonchev–Trinajstić information content (AvgIpc) is 2.84. The van der Waals surface area contributed by atoms with E-state index in [0.29, 0.717) is 11.1 Å². The Hall–Kier alpha value is -3.59. The Balaban J connectivity index is 0.00000125. The van der Waals surface area contributed by atoms with Gasteiger partial charge in [0, 0.05) is 11.8 Å².